The maximum Gasteiger partial charge on any atom is 0.136 e. The number of nitrogens with zero attached hydrogens (tertiary/aromatic N) is 3. The number of anilines is 4. The SMILES string of the molecule is CCC(C)Nc1cc(Nc2ccc(N(C)C)cc2)nc(C)n1. The van der Waals surface area contributed by atoms with E-state index >= 15 is 0 Å². The normalized spacial score (nSPS) is 11.9. The lowest BCUT2D eigenvalue weighted by molar-refractivity contribution is 0.757. The van der Waals surface area contributed by atoms with Crippen molar-refractivity contribution in [1.29, 1.82) is 0 Å². The van der Waals surface area contributed by atoms with Gasteiger partial charge in [0, 0.05) is 37.6 Å². The van der Waals surface area contributed by atoms with Crippen LogP contribution in [-0.2, 0) is 0 Å². The smallest absolute Gasteiger partial charge is 0.136 e. The van der Waals surface area contributed by atoms with Crippen LogP contribution in [-0.4, -0.2) is 30.1 Å². The van der Waals surface area contributed by atoms with Crippen LogP contribution < -0.4 is 15.5 Å². The number of hydrogen-bond acceptors (Lipinski definition) is 5. The van der Waals surface area contributed by atoms with E-state index in [1.54, 1.807) is 0 Å². The molecule has 0 spiro atoms. The van der Waals surface area contributed by atoms with Crippen LogP contribution in [0.4, 0.5) is 23.0 Å². The average Bonchev–Trinajstić information content (AvgIpc) is 2.47. The predicted molar refractivity (Wildman–Crippen MR) is 94.2 cm³/mol. The van der Waals surface area contributed by atoms with Crippen LogP contribution in [0.25, 0.3) is 0 Å². The Morgan fingerprint density at radius 1 is 1.09 bits per heavy atom. The Hall–Kier alpha value is -2.30. The van der Waals surface area contributed by atoms with Crippen LogP contribution in [0, 0.1) is 6.92 Å². The van der Waals surface area contributed by atoms with E-state index in [9.17, 15) is 0 Å². The quantitative estimate of drug-likeness (QED) is 0.849. The molecule has 0 aliphatic carbocycles. The molecule has 22 heavy (non-hydrogen) atoms. The number of aromatic nitrogens is 2. The zero-order valence-electron chi connectivity index (χ0n) is 14.0. The lowest BCUT2D eigenvalue weighted by Gasteiger charge is -2.15. The third-order valence-electron chi connectivity index (χ3n) is 3.50. The number of nitrogens with one attached hydrogen (secondary N) is 2. The minimum Gasteiger partial charge on any atom is -0.378 e. The van der Waals surface area contributed by atoms with E-state index in [4.69, 9.17) is 0 Å². The number of hydrogen-bond donors (Lipinski definition) is 2. The standard InChI is InChI=1S/C17H25N5/c1-6-12(2)18-16-11-17(20-13(3)19-16)21-14-7-9-15(10-8-14)22(4)5/h7-12H,6H2,1-5H3,(H2,18,19,20,21). The number of aryl methyl sites for hydroxylation is 1. The molecule has 1 heterocycles. The molecule has 1 unspecified atom stereocenters. The molecule has 5 nitrogen and oxygen atoms in total. The van der Waals surface area contributed by atoms with Crippen molar-refractivity contribution in [1.82, 2.24) is 9.97 Å². The lowest BCUT2D eigenvalue weighted by Crippen LogP contribution is -2.15. The van der Waals surface area contributed by atoms with E-state index < -0.39 is 0 Å². The third kappa shape index (κ3) is 4.35. The van der Waals surface area contributed by atoms with Crippen LogP contribution in [0.5, 0.6) is 0 Å². The molecule has 118 valence electrons. The third-order valence-corrected chi connectivity index (χ3v) is 3.50. The van der Waals surface area contributed by atoms with E-state index in [2.05, 4.69) is 63.6 Å². The Morgan fingerprint density at radius 2 is 1.73 bits per heavy atom. The highest BCUT2D eigenvalue weighted by molar-refractivity contribution is 5.62. The molecular weight excluding hydrogens is 274 g/mol. The Labute approximate surface area is 132 Å². The van der Waals surface area contributed by atoms with Crippen molar-refractivity contribution in [3.05, 3.63) is 36.2 Å². The number of rotatable bonds is 6. The second-order valence-corrected chi connectivity index (χ2v) is 5.71. The average molecular weight is 299 g/mol. The first-order chi connectivity index (χ1) is 10.5. The summed E-state index contributed by atoms with van der Waals surface area (Å²) in [6.07, 6.45) is 1.05. The van der Waals surface area contributed by atoms with Crippen LogP contribution in [0.3, 0.4) is 0 Å². The fraction of sp³-hybridized carbons (Fsp3) is 0.412. The monoisotopic (exact) mass is 299 g/mol. The van der Waals surface area contributed by atoms with Gasteiger partial charge in [0.2, 0.25) is 0 Å². The fourth-order valence-electron chi connectivity index (χ4n) is 2.05. The first-order valence-corrected chi connectivity index (χ1v) is 7.64. The summed E-state index contributed by atoms with van der Waals surface area (Å²) in [5.74, 6) is 2.41. The molecule has 1 aromatic carbocycles. The van der Waals surface area contributed by atoms with Crippen LogP contribution >= 0.6 is 0 Å². The van der Waals surface area contributed by atoms with E-state index in [-0.39, 0.29) is 0 Å². The summed E-state index contributed by atoms with van der Waals surface area (Å²) in [5.41, 5.74) is 2.18. The maximum absolute atomic E-state index is 4.45. The van der Waals surface area contributed by atoms with Gasteiger partial charge in [-0.3, -0.25) is 0 Å². The van der Waals surface area contributed by atoms with Gasteiger partial charge >= 0.3 is 0 Å². The van der Waals surface area contributed by atoms with Gasteiger partial charge in [0.05, 0.1) is 0 Å². The second kappa shape index (κ2) is 7.11. The summed E-state index contributed by atoms with van der Waals surface area (Å²) < 4.78 is 0. The van der Waals surface area contributed by atoms with Crippen LogP contribution in [0.2, 0.25) is 0 Å². The highest BCUT2D eigenvalue weighted by Crippen LogP contribution is 2.20. The van der Waals surface area contributed by atoms with E-state index in [0.29, 0.717) is 6.04 Å². The Kier molecular flexibility index (Phi) is 5.20. The van der Waals surface area contributed by atoms with Gasteiger partial charge in [-0.25, -0.2) is 9.97 Å². The second-order valence-electron chi connectivity index (χ2n) is 5.71. The van der Waals surface area contributed by atoms with E-state index in [0.717, 1.165) is 29.6 Å². The highest BCUT2D eigenvalue weighted by atomic mass is 15.1. The van der Waals surface area contributed by atoms with Gasteiger partial charge in [0.15, 0.2) is 0 Å². The Balaban J connectivity index is 2.14. The van der Waals surface area contributed by atoms with Gasteiger partial charge in [-0.05, 0) is 44.5 Å². The molecule has 2 N–H and O–H groups in total. The predicted octanol–water partition coefficient (Wildman–Crippen LogP) is 3.81. The van der Waals surface area contributed by atoms with Crippen molar-refractivity contribution < 1.29 is 0 Å². The molecule has 0 radical (unpaired) electrons. The molecule has 1 aromatic heterocycles. The molecule has 1 atom stereocenters. The van der Waals surface area contributed by atoms with Gasteiger partial charge in [-0.1, -0.05) is 6.92 Å². The molecule has 2 aromatic rings. The zero-order valence-corrected chi connectivity index (χ0v) is 14.0. The van der Waals surface area contributed by atoms with Gasteiger partial charge in [-0.15, -0.1) is 0 Å². The van der Waals surface area contributed by atoms with Crippen molar-refractivity contribution in [3.63, 3.8) is 0 Å². The molecule has 0 aliphatic heterocycles. The lowest BCUT2D eigenvalue weighted by atomic mass is 10.2. The molecule has 5 heteroatoms. The first-order valence-electron chi connectivity index (χ1n) is 7.64. The van der Waals surface area contributed by atoms with Crippen molar-refractivity contribution in [2.75, 3.05) is 29.6 Å². The molecular formula is C17H25N5. The van der Waals surface area contributed by atoms with Gasteiger partial charge in [-0.2, -0.15) is 0 Å². The molecule has 0 aliphatic rings. The molecule has 0 amide bonds. The topological polar surface area (TPSA) is 53.1 Å². The zero-order chi connectivity index (χ0) is 16.1. The fourth-order valence-corrected chi connectivity index (χ4v) is 2.05. The van der Waals surface area contributed by atoms with Crippen molar-refractivity contribution in [3.8, 4) is 0 Å². The van der Waals surface area contributed by atoms with Gasteiger partial charge < -0.3 is 15.5 Å². The number of benzene rings is 1. The van der Waals surface area contributed by atoms with E-state index in [1.165, 1.54) is 5.69 Å². The summed E-state index contributed by atoms with van der Waals surface area (Å²) in [6, 6.07) is 10.6. The Bertz CT molecular complexity index is 607. The summed E-state index contributed by atoms with van der Waals surface area (Å²) >= 11 is 0. The molecule has 0 saturated heterocycles. The maximum atomic E-state index is 4.45. The van der Waals surface area contributed by atoms with Crippen molar-refractivity contribution in [2.24, 2.45) is 0 Å². The van der Waals surface area contributed by atoms with Crippen molar-refractivity contribution >= 4 is 23.0 Å². The largest absolute Gasteiger partial charge is 0.378 e. The van der Waals surface area contributed by atoms with Gasteiger partial charge in [0.1, 0.15) is 17.5 Å². The summed E-state index contributed by atoms with van der Waals surface area (Å²) in [4.78, 5) is 11.0. The van der Waals surface area contributed by atoms with E-state index in [1.807, 2.05) is 27.1 Å². The molecule has 2 rings (SSSR count). The van der Waals surface area contributed by atoms with Crippen LogP contribution in [0.15, 0.2) is 30.3 Å². The summed E-state index contributed by atoms with van der Waals surface area (Å²) in [5, 5.41) is 6.72. The summed E-state index contributed by atoms with van der Waals surface area (Å²) in [6.45, 7) is 6.20. The van der Waals surface area contributed by atoms with Crippen LogP contribution in [0.1, 0.15) is 26.1 Å². The minimum absolute atomic E-state index is 0.390. The molecule has 0 saturated carbocycles. The minimum atomic E-state index is 0.390. The first kappa shape index (κ1) is 16.1. The summed E-state index contributed by atoms with van der Waals surface area (Å²) in [7, 11) is 4.06. The molecule has 0 bridgehead atoms. The highest BCUT2D eigenvalue weighted by Gasteiger charge is 2.05. The van der Waals surface area contributed by atoms with Gasteiger partial charge in [0.25, 0.3) is 0 Å². The van der Waals surface area contributed by atoms with Crippen molar-refractivity contribution in [2.45, 2.75) is 33.2 Å². The molecule has 0 fully saturated rings. The Morgan fingerprint density at radius 3 is 2.32 bits per heavy atom.